The van der Waals surface area contributed by atoms with E-state index in [4.69, 9.17) is 4.74 Å². The molecule has 1 unspecified atom stereocenters. The molecule has 1 aliphatic heterocycles. The summed E-state index contributed by atoms with van der Waals surface area (Å²) >= 11 is 0. The van der Waals surface area contributed by atoms with Gasteiger partial charge in [-0.3, -0.25) is 0 Å². The molecule has 2 aromatic carbocycles. The van der Waals surface area contributed by atoms with E-state index in [1.807, 2.05) is 30.3 Å². The van der Waals surface area contributed by atoms with Crippen LogP contribution >= 0.6 is 0 Å². The fraction of sp³-hybridized carbons (Fsp3) is 0.364. The Morgan fingerprint density at radius 1 is 0.917 bits per heavy atom. The maximum Gasteiger partial charge on any atom is 0.119 e. The zero-order valence-electron chi connectivity index (χ0n) is 14.3. The van der Waals surface area contributed by atoms with Crippen LogP contribution in [0.4, 0.5) is 0 Å². The van der Waals surface area contributed by atoms with Crippen LogP contribution in [-0.4, -0.2) is 12.6 Å². The summed E-state index contributed by atoms with van der Waals surface area (Å²) in [6, 6.07) is 19.1. The zero-order chi connectivity index (χ0) is 16.5. The molecule has 0 radical (unpaired) electrons. The Bertz CT molecular complexity index is 610. The highest BCUT2D eigenvalue weighted by molar-refractivity contribution is 5.51. The lowest BCUT2D eigenvalue weighted by Gasteiger charge is -2.18. The molecular formula is C22H27NO. The molecular weight excluding hydrogens is 294 g/mol. The van der Waals surface area contributed by atoms with Gasteiger partial charge in [-0.2, -0.15) is 0 Å². The average Bonchev–Trinajstić information content (AvgIpc) is 2.61. The quantitative estimate of drug-likeness (QED) is 0.817. The van der Waals surface area contributed by atoms with E-state index < -0.39 is 0 Å². The second kappa shape index (κ2) is 9.29. The first-order valence-corrected chi connectivity index (χ1v) is 9.08. The Morgan fingerprint density at radius 3 is 2.54 bits per heavy atom. The zero-order valence-corrected chi connectivity index (χ0v) is 14.3. The van der Waals surface area contributed by atoms with Gasteiger partial charge in [-0.05, 0) is 42.6 Å². The minimum atomic E-state index is 0.513. The standard InChI is InChI=1S/C22H27NO/c1-2-7-17-23-21(10-6-1)14-11-19-12-15-22(16-13-19)24-18-20-8-4-3-5-9-20/h3-5,8-9,11-16,21,23H,1-2,6-7,10,17-18H2/b14-11+. The van der Waals surface area contributed by atoms with Crippen molar-refractivity contribution in [2.75, 3.05) is 6.54 Å². The maximum absolute atomic E-state index is 5.84. The van der Waals surface area contributed by atoms with Gasteiger partial charge in [0.05, 0.1) is 0 Å². The van der Waals surface area contributed by atoms with Crippen molar-refractivity contribution in [2.45, 2.75) is 44.8 Å². The number of benzene rings is 2. The number of ether oxygens (including phenoxy) is 1. The molecule has 2 nitrogen and oxygen atoms in total. The Kier molecular flexibility index (Phi) is 6.50. The van der Waals surface area contributed by atoms with Crippen LogP contribution in [0, 0.1) is 0 Å². The van der Waals surface area contributed by atoms with Crippen molar-refractivity contribution in [1.29, 1.82) is 0 Å². The van der Waals surface area contributed by atoms with Crippen LogP contribution < -0.4 is 10.1 Å². The largest absolute Gasteiger partial charge is 0.489 e. The molecule has 0 aromatic heterocycles. The molecule has 126 valence electrons. The summed E-state index contributed by atoms with van der Waals surface area (Å²) in [5.41, 5.74) is 2.42. The third-order valence-electron chi connectivity index (χ3n) is 4.50. The van der Waals surface area contributed by atoms with E-state index in [0.717, 1.165) is 12.3 Å². The molecule has 1 saturated heterocycles. The summed E-state index contributed by atoms with van der Waals surface area (Å²) in [5, 5.41) is 3.63. The van der Waals surface area contributed by atoms with Crippen LogP contribution in [0.1, 0.15) is 43.2 Å². The second-order valence-corrected chi connectivity index (χ2v) is 6.47. The van der Waals surface area contributed by atoms with Gasteiger partial charge in [0, 0.05) is 6.04 Å². The molecule has 0 amide bonds. The average molecular weight is 321 g/mol. The second-order valence-electron chi connectivity index (χ2n) is 6.47. The highest BCUT2D eigenvalue weighted by Crippen LogP contribution is 2.16. The number of hydrogen-bond donors (Lipinski definition) is 1. The SMILES string of the molecule is C(=C\C1CCCCCCN1)/c1ccc(OCc2ccccc2)cc1. The van der Waals surface area contributed by atoms with Gasteiger partial charge >= 0.3 is 0 Å². The fourth-order valence-electron chi connectivity index (χ4n) is 3.04. The third kappa shape index (κ3) is 5.54. The molecule has 2 aromatic rings. The van der Waals surface area contributed by atoms with Gasteiger partial charge in [0.2, 0.25) is 0 Å². The highest BCUT2D eigenvalue weighted by atomic mass is 16.5. The maximum atomic E-state index is 5.84. The first-order valence-electron chi connectivity index (χ1n) is 9.08. The topological polar surface area (TPSA) is 21.3 Å². The third-order valence-corrected chi connectivity index (χ3v) is 4.50. The van der Waals surface area contributed by atoms with Crippen molar-refractivity contribution in [2.24, 2.45) is 0 Å². The van der Waals surface area contributed by atoms with E-state index in [1.165, 1.54) is 43.2 Å². The van der Waals surface area contributed by atoms with E-state index in [0.29, 0.717) is 12.6 Å². The van der Waals surface area contributed by atoms with Crippen LogP contribution in [0.3, 0.4) is 0 Å². The van der Waals surface area contributed by atoms with Gasteiger partial charge in [0.15, 0.2) is 0 Å². The Hall–Kier alpha value is -2.06. The molecule has 0 aliphatic carbocycles. The Morgan fingerprint density at radius 2 is 1.71 bits per heavy atom. The van der Waals surface area contributed by atoms with Crippen LogP contribution in [0.25, 0.3) is 6.08 Å². The van der Waals surface area contributed by atoms with Gasteiger partial charge < -0.3 is 10.1 Å². The number of nitrogens with one attached hydrogen (secondary N) is 1. The summed E-state index contributed by atoms with van der Waals surface area (Å²) in [7, 11) is 0. The number of rotatable bonds is 5. The van der Waals surface area contributed by atoms with Crippen molar-refractivity contribution < 1.29 is 4.74 Å². The molecule has 0 saturated carbocycles. The van der Waals surface area contributed by atoms with Gasteiger partial charge in [-0.15, -0.1) is 0 Å². The lowest BCUT2D eigenvalue weighted by atomic mass is 10.0. The minimum Gasteiger partial charge on any atom is -0.489 e. The van der Waals surface area contributed by atoms with Crippen molar-refractivity contribution in [1.82, 2.24) is 5.32 Å². The predicted molar refractivity (Wildman–Crippen MR) is 101 cm³/mol. The fourth-order valence-corrected chi connectivity index (χ4v) is 3.04. The Balaban J connectivity index is 1.51. The molecule has 1 aliphatic rings. The van der Waals surface area contributed by atoms with Gasteiger partial charge in [-0.25, -0.2) is 0 Å². The summed E-state index contributed by atoms with van der Waals surface area (Å²) in [4.78, 5) is 0. The van der Waals surface area contributed by atoms with Crippen molar-refractivity contribution in [3.8, 4) is 5.75 Å². The van der Waals surface area contributed by atoms with Crippen LogP contribution in [-0.2, 0) is 6.61 Å². The molecule has 1 N–H and O–H groups in total. The Labute approximate surface area is 145 Å². The normalized spacial score (nSPS) is 18.9. The molecule has 1 atom stereocenters. The monoisotopic (exact) mass is 321 g/mol. The number of hydrogen-bond acceptors (Lipinski definition) is 2. The predicted octanol–water partition coefficient (Wildman–Crippen LogP) is 5.20. The van der Waals surface area contributed by atoms with E-state index in [1.54, 1.807) is 0 Å². The lowest BCUT2D eigenvalue weighted by molar-refractivity contribution is 0.306. The van der Waals surface area contributed by atoms with Crippen molar-refractivity contribution >= 4 is 6.08 Å². The van der Waals surface area contributed by atoms with Crippen molar-refractivity contribution in [3.63, 3.8) is 0 Å². The first-order chi connectivity index (χ1) is 11.9. The van der Waals surface area contributed by atoms with Gasteiger partial charge in [0.25, 0.3) is 0 Å². The van der Waals surface area contributed by atoms with Crippen LogP contribution in [0.15, 0.2) is 60.7 Å². The molecule has 2 heteroatoms. The summed E-state index contributed by atoms with van der Waals surface area (Å²) in [6.07, 6.45) is 11.2. The smallest absolute Gasteiger partial charge is 0.119 e. The summed E-state index contributed by atoms with van der Waals surface area (Å²) in [6.45, 7) is 1.75. The minimum absolute atomic E-state index is 0.513. The van der Waals surface area contributed by atoms with Crippen LogP contribution in [0.5, 0.6) is 5.75 Å². The summed E-state index contributed by atoms with van der Waals surface area (Å²) in [5.74, 6) is 0.917. The highest BCUT2D eigenvalue weighted by Gasteiger charge is 2.06. The molecule has 0 spiro atoms. The summed E-state index contributed by atoms with van der Waals surface area (Å²) < 4.78 is 5.84. The van der Waals surface area contributed by atoms with E-state index >= 15 is 0 Å². The lowest BCUT2D eigenvalue weighted by Crippen LogP contribution is -2.29. The molecule has 0 bridgehead atoms. The van der Waals surface area contributed by atoms with Crippen LogP contribution in [0.2, 0.25) is 0 Å². The molecule has 24 heavy (non-hydrogen) atoms. The van der Waals surface area contributed by atoms with Crippen molar-refractivity contribution in [3.05, 3.63) is 71.8 Å². The van der Waals surface area contributed by atoms with E-state index in [-0.39, 0.29) is 0 Å². The first kappa shape index (κ1) is 16.8. The molecule has 3 rings (SSSR count). The van der Waals surface area contributed by atoms with Gasteiger partial charge in [-0.1, -0.05) is 73.9 Å². The molecule has 1 fully saturated rings. The van der Waals surface area contributed by atoms with Gasteiger partial charge in [0.1, 0.15) is 12.4 Å². The van der Waals surface area contributed by atoms with E-state index in [2.05, 4.69) is 41.7 Å². The molecule has 1 heterocycles. The van der Waals surface area contributed by atoms with E-state index in [9.17, 15) is 0 Å².